The van der Waals surface area contributed by atoms with Gasteiger partial charge >= 0.3 is 0 Å². The second kappa shape index (κ2) is 4.14. The Morgan fingerprint density at radius 2 is 1.86 bits per heavy atom. The summed E-state index contributed by atoms with van der Waals surface area (Å²) >= 11 is 5.65. The normalized spacial score (nSPS) is 13.4. The van der Waals surface area contributed by atoms with Gasteiger partial charge in [0.15, 0.2) is 5.15 Å². The van der Waals surface area contributed by atoms with Crippen LogP contribution >= 0.6 is 11.6 Å². The average Bonchev–Trinajstić information content (AvgIpc) is 2.12. The first kappa shape index (κ1) is 11.3. The fourth-order valence-corrected chi connectivity index (χ4v) is 1.42. The third-order valence-electron chi connectivity index (χ3n) is 2.06. The van der Waals surface area contributed by atoms with Crippen molar-refractivity contribution in [1.29, 1.82) is 0 Å². The van der Waals surface area contributed by atoms with Crippen molar-refractivity contribution in [2.45, 2.75) is 26.3 Å². The van der Waals surface area contributed by atoms with Crippen LogP contribution < -0.4 is 5.73 Å². The van der Waals surface area contributed by atoms with Crippen molar-refractivity contribution in [2.75, 3.05) is 0 Å². The predicted octanol–water partition coefficient (Wildman–Crippen LogP) is 2.01. The molecule has 0 bridgehead atoms. The first-order chi connectivity index (χ1) is 6.45. The van der Waals surface area contributed by atoms with Gasteiger partial charge in [-0.25, -0.2) is 8.78 Å². The molecule has 0 spiro atoms. The standard InChI is InChI=1S/C8H10ClF2N3/c1-3-4(2)13-14-7(9)5(3)6(12)8(10)11/h6,8H,12H2,1-2H3. The van der Waals surface area contributed by atoms with E-state index in [0.717, 1.165) is 0 Å². The monoisotopic (exact) mass is 221 g/mol. The average molecular weight is 222 g/mol. The minimum absolute atomic E-state index is 0.0547. The maximum absolute atomic E-state index is 12.4. The van der Waals surface area contributed by atoms with Crippen LogP contribution in [0.1, 0.15) is 22.9 Å². The van der Waals surface area contributed by atoms with E-state index in [9.17, 15) is 8.78 Å². The number of alkyl halides is 2. The molecular weight excluding hydrogens is 212 g/mol. The number of aryl methyl sites for hydroxylation is 1. The van der Waals surface area contributed by atoms with Gasteiger partial charge in [0, 0.05) is 5.56 Å². The van der Waals surface area contributed by atoms with Crippen LogP contribution in [0, 0.1) is 13.8 Å². The highest BCUT2D eigenvalue weighted by atomic mass is 35.5. The van der Waals surface area contributed by atoms with Gasteiger partial charge in [0.25, 0.3) is 6.43 Å². The minimum atomic E-state index is -2.66. The molecule has 3 nitrogen and oxygen atoms in total. The number of nitrogens with zero attached hydrogens (tertiary/aromatic N) is 2. The third-order valence-corrected chi connectivity index (χ3v) is 2.34. The molecule has 0 aromatic carbocycles. The van der Waals surface area contributed by atoms with Gasteiger partial charge in [-0.15, -0.1) is 5.10 Å². The Morgan fingerprint density at radius 1 is 1.29 bits per heavy atom. The molecule has 0 amide bonds. The second-order valence-corrected chi connectivity index (χ2v) is 3.33. The van der Waals surface area contributed by atoms with Gasteiger partial charge in [-0.05, 0) is 19.4 Å². The number of rotatable bonds is 2. The van der Waals surface area contributed by atoms with Crippen LogP contribution in [0.4, 0.5) is 8.78 Å². The van der Waals surface area contributed by atoms with Crippen molar-refractivity contribution < 1.29 is 8.78 Å². The second-order valence-electron chi connectivity index (χ2n) is 2.98. The highest BCUT2D eigenvalue weighted by Crippen LogP contribution is 2.27. The van der Waals surface area contributed by atoms with Crippen molar-refractivity contribution in [1.82, 2.24) is 10.2 Å². The Balaban J connectivity index is 3.25. The molecule has 0 radical (unpaired) electrons. The molecule has 0 saturated heterocycles. The van der Waals surface area contributed by atoms with Crippen molar-refractivity contribution in [3.8, 4) is 0 Å². The van der Waals surface area contributed by atoms with Gasteiger partial charge in [-0.3, -0.25) is 0 Å². The lowest BCUT2D eigenvalue weighted by Gasteiger charge is -2.15. The fraction of sp³-hybridized carbons (Fsp3) is 0.500. The smallest absolute Gasteiger partial charge is 0.257 e. The minimum Gasteiger partial charge on any atom is -0.319 e. The van der Waals surface area contributed by atoms with E-state index in [4.69, 9.17) is 17.3 Å². The first-order valence-corrected chi connectivity index (χ1v) is 4.36. The van der Waals surface area contributed by atoms with Gasteiger partial charge in [0.05, 0.1) is 11.7 Å². The van der Waals surface area contributed by atoms with E-state index >= 15 is 0 Å². The summed E-state index contributed by atoms with van der Waals surface area (Å²) in [6.45, 7) is 3.31. The fourth-order valence-electron chi connectivity index (χ4n) is 1.11. The molecule has 1 aromatic heterocycles. The Morgan fingerprint density at radius 3 is 2.36 bits per heavy atom. The van der Waals surface area contributed by atoms with E-state index in [-0.39, 0.29) is 10.7 Å². The molecule has 6 heteroatoms. The summed E-state index contributed by atoms with van der Waals surface area (Å²) in [6, 6.07) is -1.41. The predicted molar refractivity (Wildman–Crippen MR) is 49.4 cm³/mol. The topological polar surface area (TPSA) is 51.8 Å². The van der Waals surface area contributed by atoms with Gasteiger partial charge in [0.1, 0.15) is 0 Å². The Bertz CT molecular complexity index is 344. The molecule has 1 unspecified atom stereocenters. The van der Waals surface area contributed by atoms with Crippen LogP contribution in [0.2, 0.25) is 5.15 Å². The zero-order valence-electron chi connectivity index (χ0n) is 7.76. The summed E-state index contributed by atoms with van der Waals surface area (Å²) in [4.78, 5) is 0. The van der Waals surface area contributed by atoms with Gasteiger partial charge < -0.3 is 5.73 Å². The van der Waals surface area contributed by atoms with E-state index < -0.39 is 12.5 Å². The Labute approximate surface area is 85.3 Å². The Hall–Kier alpha value is -0.810. The molecule has 78 valence electrons. The summed E-state index contributed by atoms with van der Waals surface area (Å²) in [6.07, 6.45) is -2.66. The van der Waals surface area contributed by atoms with Gasteiger partial charge in [-0.1, -0.05) is 11.6 Å². The number of hydrogen-bond acceptors (Lipinski definition) is 3. The van der Waals surface area contributed by atoms with Crippen molar-refractivity contribution in [3.05, 3.63) is 22.0 Å². The third kappa shape index (κ3) is 1.99. The SMILES string of the molecule is Cc1nnc(Cl)c(C(N)C(F)F)c1C. The molecule has 1 aromatic rings. The molecule has 0 fully saturated rings. The molecule has 0 aliphatic rings. The number of halogens is 3. The molecule has 2 N–H and O–H groups in total. The molecule has 0 aliphatic heterocycles. The van der Waals surface area contributed by atoms with E-state index in [1.54, 1.807) is 13.8 Å². The molecule has 1 rings (SSSR count). The molecule has 0 saturated carbocycles. The summed E-state index contributed by atoms with van der Waals surface area (Å²) in [5.41, 5.74) is 6.60. The van der Waals surface area contributed by atoms with Crippen LogP contribution in [0.25, 0.3) is 0 Å². The quantitative estimate of drug-likeness (QED) is 0.831. The Kier molecular flexibility index (Phi) is 3.34. The maximum atomic E-state index is 12.4. The van der Waals surface area contributed by atoms with Crippen LogP contribution in [-0.2, 0) is 0 Å². The molecule has 14 heavy (non-hydrogen) atoms. The number of nitrogens with two attached hydrogens (primary N) is 1. The summed E-state index contributed by atoms with van der Waals surface area (Å²) in [5.74, 6) is 0. The summed E-state index contributed by atoms with van der Waals surface area (Å²) < 4.78 is 24.7. The molecule has 0 aliphatic carbocycles. The van der Waals surface area contributed by atoms with Crippen LogP contribution in [0.3, 0.4) is 0 Å². The molecular formula is C8H10ClF2N3. The van der Waals surface area contributed by atoms with Crippen LogP contribution in [0.5, 0.6) is 0 Å². The molecule has 1 heterocycles. The van der Waals surface area contributed by atoms with Crippen molar-refractivity contribution >= 4 is 11.6 Å². The van der Waals surface area contributed by atoms with Crippen molar-refractivity contribution in [3.63, 3.8) is 0 Å². The molecule has 1 atom stereocenters. The lowest BCUT2D eigenvalue weighted by molar-refractivity contribution is 0.116. The summed E-state index contributed by atoms with van der Waals surface area (Å²) in [5, 5.41) is 7.19. The number of hydrogen-bond donors (Lipinski definition) is 1. The van der Waals surface area contributed by atoms with E-state index in [1.807, 2.05) is 0 Å². The lowest BCUT2D eigenvalue weighted by Crippen LogP contribution is -2.21. The number of aromatic nitrogens is 2. The van der Waals surface area contributed by atoms with E-state index in [1.165, 1.54) is 0 Å². The largest absolute Gasteiger partial charge is 0.319 e. The van der Waals surface area contributed by atoms with Crippen LogP contribution in [-0.4, -0.2) is 16.6 Å². The van der Waals surface area contributed by atoms with Gasteiger partial charge in [0.2, 0.25) is 0 Å². The highest BCUT2D eigenvalue weighted by Gasteiger charge is 2.24. The van der Waals surface area contributed by atoms with Gasteiger partial charge in [-0.2, -0.15) is 5.10 Å². The maximum Gasteiger partial charge on any atom is 0.257 e. The zero-order valence-corrected chi connectivity index (χ0v) is 8.52. The highest BCUT2D eigenvalue weighted by molar-refractivity contribution is 6.30. The first-order valence-electron chi connectivity index (χ1n) is 3.98. The van der Waals surface area contributed by atoms with E-state index in [2.05, 4.69) is 10.2 Å². The van der Waals surface area contributed by atoms with Crippen molar-refractivity contribution in [2.24, 2.45) is 5.73 Å². The van der Waals surface area contributed by atoms with Crippen LogP contribution in [0.15, 0.2) is 0 Å². The zero-order chi connectivity index (χ0) is 10.9. The van der Waals surface area contributed by atoms with E-state index in [0.29, 0.717) is 11.3 Å². The summed E-state index contributed by atoms with van der Waals surface area (Å²) in [7, 11) is 0. The lowest BCUT2D eigenvalue weighted by atomic mass is 10.0.